The lowest BCUT2D eigenvalue weighted by molar-refractivity contribution is 0.331. The fourth-order valence-corrected chi connectivity index (χ4v) is 2.46. The fourth-order valence-electron chi connectivity index (χ4n) is 2.46. The first-order chi connectivity index (χ1) is 10.1. The molecule has 0 aliphatic rings. The van der Waals surface area contributed by atoms with Crippen LogP contribution in [0.15, 0.2) is 48.5 Å². The van der Waals surface area contributed by atoms with Crippen molar-refractivity contribution in [2.24, 2.45) is 0 Å². The minimum atomic E-state index is -0.205. The molecule has 21 heavy (non-hydrogen) atoms. The lowest BCUT2D eigenvalue weighted by Gasteiger charge is -2.22. The van der Waals surface area contributed by atoms with Crippen molar-refractivity contribution in [3.63, 3.8) is 0 Å². The van der Waals surface area contributed by atoms with Crippen molar-refractivity contribution in [3.8, 4) is 5.75 Å². The summed E-state index contributed by atoms with van der Waals surface area (Å²) in [5, 5.41) is 3.49. The van der Waals surface area contributed by atoms with Crippen LogP contribution < -0.4 is 10.1 Å². The number of halogens is 1. The van der Waals surface area contributed by atoms with Gasteiger partial charge in [-0.1, -0.05) is 30.3 Å². The van der Waals surface area contributed by atoms with Crippen LogP contribution in [0.5, 0.6) is 5.75 Å². The van der Waals surface area contributed by atoms with Gasteiger partial charge in [0.2, 0.25) is 0 Å². The Hall–Kier alpha value is -1.87. The van der Waals surface area contributed by atoms with Crippen LogP contribution in [-0.2, 0) is 0 Å². The molecule has 2 aromatic rings. The van der Waals surface area contributed by atoms with Crippen LogP contribution >= 0.6 is 0 Å². The first kappa shape index (κ1) is 15.5. The minimum Gasteiger partial charge on any atom is -0.494 e. The van der Waals surface area contributed by atoms with E-state index in [1.807, 2.05) is 38.1 Å². The third-order valence-electron chi connectivity index (χ3n) is 3.53. The molecule has 0 spiro atoms. The van der Waals surface area contributed by atoms with Crippen molar-refractivity contribution in [1.82, 2.24) is 5.32 Å². The molecule has 1 N–H and O–H groups in total. The summed E-state index contributed by atoms with van der Waals surface area (Å²) in [5.74, 6) is 0.690. The van der Waals surface area contributed by atoms with Crippen LogP contribution in [0.25, 0.3) is 0 Å². The lowest BCUT2D eigenvalue weighted by atomic mass is 10.0. The number of para-hydroxylation sites is 1. The van der Waals surface area contributed by atoms with E-state index in [1.54, 1.807) is 12.1 Å². The Morgan fingerprint density at radius 2 is 1.81 bits per heavy atom. The largest absolute Gasteiger partial charge is 0.494 e. The van der Waals surface area contributed by atoms with E-state index in [0.29, 0.717) is 6.61 Å². The first-order valence-electron chi connectivity index (χ1n) is 7.35. The molecule has 0 aliphatic heterocycles. The summed E-state index contributed by atoms with van der Waals surface area (Å²) in [4.78, 5) is 0. The zero-order chi connectivity index (χ0) is 15.2. The van der Waals surface area contributed by atoms with E-state index in [2.05, 4.69) is 18.3 Å². The number of benzene rings is 2. The second kappa shape index (κ2) is 7.23. The highest BCUT2D eigenvalue weighted by atomic mass is 19.1. The highest BCUT2D eigenvalue weighted by Crippen LogP contribution is 2.27. The van der Waals surface area contributed by atoms with Crippen molar-refractivity contribution in [2.75, 3.05) is 6.61 Å². The Bertz CT molecular complexity index is 585. The topological polar surface area (TPSA) is 21.3 Å². The Labute approximate surface area is 126 Å². The first-order valence-corrected chi connectivity index (χ1v) is 7.35. The SMILES string of the molecule is CCOc1ccccc1C(C)N[C@H](C)c1cccc(F)c1. The zero-order valence-corrected chi connectivity index (χ0v) is 12.8. The molecular formula is C18H22FNO. The maximum Gasteiger partial charge on any atom is 0.124 e. The molecule has 112 valence electrons. The predicted octanol–water partition coefficient (Wildman–Crippen LogP) is 4.64. The molecule has 0 saturated heterocycles. The molecule has 0 radical (unpaired) electrons. The third-order valence-corrected chi connectivity index (χ3v) is 3.53. The van der Waals surface area contributed by atoms with Crippen molar-refractivity contribution in [1.29, 1.82) is 0 Å². The molecule has 2 rings (SSSR count). The lowest BCUT2D eigenvalue weighted by Crippen LogP contribution is -2.23. The molecule has 0 fully saturated rings. The zero-order valence-electron chi connectivity index (χ0n) is 12.8. The van der Waals surface area contributed by atoms with Gasteiger partial charge in [-0.15, -0.1) is 0 Å². The van der Waals surface area contributed by atoms with Crippen LogP contribution in [0.4, 0.5) is 4.39 Å². The number of hydrogen-bond acceptors (Lipinski definition) is 2. The average Bonchev–Trinajstić information content (AvgIpc) is 2.48. The van der Waals surface area contributed by atoms with E-state index in [9.17, 15) is 4.39 Å². The van der Waals surface area contributed by atoms with E-state index in [1.165, 1.54) is 6.07 Å². The molecule has 0 saturated carbocycles. The summed E-state index contributed by atoms with van der Waals surface area (Å²) in [6, 6.07) is 14.9. The molecule has 0 amide bonds. The van der Waals surface area contributed by atoms with Gasteiger partial charge in [0.25, 0.3) is 0 Å². The normalized spacial score (nSPS) is 13.7. The molecule has 3 heteroatoms. The van der Waals surface area contributed by atoms with Crippen molar-refractivity contribution < 1.29 is 9.13 Å². The van der Waals surface area contributed by atoms with Gasteiger partial charge in [-0.25, -0.2) is 4.39 Å². The van der Waals surface area contributed by atoms with Gasteiger partial charge in [0.15, 0.2) is 0 Å². The monoisotopic (exact) mass is 287 g/mol. The van der Waals surface area contributed by atoms with E-state index < -0.39 is 0 Å². The second-order valence-electron chi connectivity index (χ2n) is 5.14. The summed E-state index contributed by atoms with van der Waals surface area (Å²) in [6.07, 6.45) is 0. The van der Waals surface area contributed by atoms with Gasteiger partial charge in [0.1, 0.15) is 11.6 Å². The maximum absolute atomic E-state index is 13.3. The highest BCUT2D eigenvalue weighted by molar-refractivity contribution is 5.36. The molecule has 0 aromatic heterocycles. The standard InChI is InChI=1S/C18H22FNO/c1-4-21-18-11-6-5-10-17(18)14(3)20-13(2)15-8-7-9-16(19)12-15/h5-14,20H,4H2,1-3H3/t13-,14?/m1/s1. The summed E-state index contributed by atoms with van der Waals surface area (Å²) in [5.41, 5.74) is 2.05. The van der Waals surface area contributed by atoms with Gasteiger partial charge < -0.3 is 10.1 Å². The van der Waals surface area contributed by atoms with E-state index in [-0.39, 0.29) is 17.9 Å². The minimum absolute atomic E-state index is 0.0605. The molecule has 0 bridgehead atoms. The van der Waals surface area contributed by atoms with Crippen LogP contribution in [0.2, 0.25) is 0 Å². The van der Waals surface area contributed by atoms with Crippen LogP contribution in [0.1, 0.15) is 44.0 Å². The molecule has 2 aromatic carbocycles. The molecule has 0 aliphatic carbocycles. The summed E-state index contributed by atoms with van der Waals surface area (Å²) >= 11 is 0. The number of rotatable bonds is 6. The Morgan fingerprint density at radius 3 is 2.52 bits per heavy atom. The summed E-state index contributed by atoms with van der Waals surface area (Å²) < 4.78 is 19.0. The van der Waals surface area contributed by atoms with E-state index in [0.717, 1.165) is 16.9 Å². The van der Waals surface area contributed by atoms with Crippen molar-refractivity contribution in [3.05, 3.63) is 65.5 Å². The molecule has 1 unspecified atom stereocenters. The number of hydrogen-bond donors (Lipinski definition) is 1. The van der Waals surface area contributed by atoms with Gasteiger partial charge in [0, 0.05) is 17.6 Å². The highest BCUT2D eigenvalue weighted by Gasteiger charge is 2.14. The Kier molecular flexibility index (Phi) is 5.34. The molecule has 2 nitrogen and oxygen atoms in total. The predicted molar refractivity (Wildman–Crippen MR) is 84.0 cm³/mol. The van der Waals surface area contributed by atoms with Crippen LogP contribution in [-0.4, -0.2) is 6.61 Å². The van der Waals surface area contributed by atoms with Gasteiger partial charge in [-0.05, 0) is 44.5 Å². The number of ether oxygens (including phenoxy) is 1. The average molecular weight is 287 g/mol. The Balaban J connectivity index is 2.12. The van der Waals surface area contributed by atoms with Gasteiger partial charge in [0.05, 0.1) is 6.61 Å². The van der Waals surface area contributed by atoms with Gasteiger partial charge in [-0.3, -0.25) is 0 Å². The number of nitrogens with one attached hydrogen (secondary N) is 1. The van der Waals surface area contributed by atoms with Crippen molar-refractivity contribution >= 4 is 0 Å². The second-order valence-corrected chi connectivity index (χ2v) is 5.14. The van der Waals surface area contributed by atoms with Crippen LogP contribution in [0.3, 0.4) is 0 Å². The molecular weight excluding hydrogens is 265 g/mol. The van der Waals surface area contributed by atoms with Crippen molar-refractivity contribution in [2.45, 2.75) is 32.9 Å². The van der Waals surface area contributed by atoms with E-state index >= 15 is 0 Å². The smallest absolute Gasteiger partial charge is 0.124 e. The van der Waals surface area contributed by atoms with Gasteiger partial charge >= 0.3 is 0 Å². The summed E-state index contributed by atoms with van der Waals surface area (Å²) in [7, 11) is 0. The molecule has 0 heterocycles. The third kappa shape index (κ3) is 4.05. The fraction of sp³-hybridized carbons (Fsp3) is 0.333. The quantitative estimate of drug-likeness (QED) is 0.836. The maximum atomic E-state index is 13.3. The molecule has 2 atom stereocenters. The summed E-state index contributed by atoms with van der Waals surface area (Å²) in [6.45, 7) is 6.75. The van der Waals surface area contributed by atoms with E-state index in [4.69, 9.17) is 4.74 Å². The van der Waals surface area contributed by atoms with Crippen LogP contribution in [0, 0.1) is 5.82 Å². The van der Waals surface area contributed by atoms with Gasteiger partial charge in [-0.2, -0.15) is 0 Å². The Morgan fingerprint density at radius 1 is 1.05 bits per heavy atom.